The summed E-state index contributed by atoms with van der Waals surface area (Å²) >= 11 is 0. The summed E-state index contributed by atoms with van der Waals surface area (Å²) < 4.78 is 28.7. The van der Waals surface area contributed by atoms with Gasteiger partial charge < -0.3 is 4.74 Å². The smallest absolute Gasteiger partial charge is 0.192 e. The highest BCUT2D eigenvalue weighted by Gasteiger charge is 2.29. The van der Waals surface area contributed by atoms with E-state index in [0.717, 1.165) is 32.2 Å². The molecule has 1 saturated heterocycles. The van der Waals surface area contributed by atoms with Gasteiger partial charge in [-0.15, -0.1) is 0 Å². The van der Waals surface area contributed by atoms with Crippen LogP contribution in [-0.4, -0.2) is 50.3 Å². The molecule has 1 aromatic heterocycles. The minimum absolute atomic E-state index is 0.0565. The van der Waals surface area contributed by atoms with Crippen LogP contribution in [0.3, 0.4) is 0 Å². The van der Waals surface area contributed by atoms with Gasteiger partial charge in [-0.05, 0) is 49.6 Å². The van der Waals surface area contributed by atoms with Crippen LogP contribution < -0.4 is 4.74 Å². The predicted molar refractivity (Wildman–Crippen MR) is 107 cm³/mol. The summed E-state index contributed by atoms with van der Waals surface area (Å²) in [6, 6.07) is 13.6. The van der Waals surface area contributed by atoms with Crippen molar-refractivity contribution in [2.75, 3.05) is 26.0 Å². The summed E-state index contributed by atoms with van der Waals surface area (Å²) in [7, 11) is -3.29. The van der Waals surface area contributed by atoms with E-state index in [1.165, 1.54) is 17.8 Å². The average molecular weight is 400 g/mol. The van der Waals surface area contributed by atoms with E-state index in [-0.39, 0.29) is 5.03 Å². The van der Waals surface area contributed by atoms with Gasteiger partial charge in [-0.2, -0.15) is 5.26 Å². The molecule has 0 spiro atoms. The molecule has 2 atom stereocenters. The first-order chi connectivity index (χ1) is 13.3. The molecule has 6 nitrogen and oxygen atoms in total. The maximum atomic E-state index is 11.5. The summed E-state index contributed by atoms with van der Waals surface area (Å²) in [4.78, 5) is 6.41. The largest absolute Gasteiger partial charge is 0.492 e. The molecule has 1 aromatic carbocycles. The van der Waals surface area contributed by atoms with Crippen molar-refractivity contribution in [3.63, 3.8) is 0 Å². The Morgan fingerprint density at radius 2 is 2.14 bits per heavy atom. The van der Waals surface area contributed by atoms with Crippen molar-refractivity contribution in [1.82, 2.24) is 9.88 Å². The Kier molecular flexibility index (Phi) is 6.32. The maximum Gasteiger partial charge on any atom is 0.192 e. The number of aromatic nitrogens is 1. The van der Waals surface area contributed by atoms with Gasteiger partial charge in [0.15, 0.2) is 14.9 Å². The molecule has 1 aliphatic heterocycles. The molecule has 0 bridgehead atoms. The van der Waals surface area contributed by atoms with Crippen molar-refractivity contribution in [2.45, 2.75) is 30.8 Å². The molecule has 28 heavy (non-hydrogen) atoms. The highest BCUT2D eigenvalue weighted by atomic mass is 32.2. The normalized spacial score (nSPS) is 20.0. The third-order valence-electron chi connectivity index (χ3n) is 5.11. The van der Waals surface area contributed by atoms with Crippen LogP contribution in [0.25, 0.3) is 0 Å². The number of rotatable bonds is 7. The maximum absolute atomic E-state index is 11.5. The fourth-order valence-corrected chi connectivity index (χ4v) is 4.16. The Labute approximate surface area is 166 Å². The van der Waals surface area contributed by atoms with Gasteiger partial charge in [0.25, 0.3) is 0 Å². The van der Waals surface area contributed by atoms with E-state index in [9.17, 15) is 8.42 Å². The lowest BCUT2D eigenvalue weighted by Crippen LogP contribution is -2.29. The third-order valence-corrected chi connectivity index (χ3v) is 6.11. The lowest BCUT2D eigenvalue weighted by molar-refractivity contribution is 0.234. The van der Waals surface area contributed by atoms with Crippen LogP contribution in [0.15, 0.2) is 47.6 Å². The fraction of sp³-hybridized carbons (Fsp3) is 0.429. The molecule has 0 radical (unpaired) electrons. The lowest BCUT2D eigenvalue weighted by Gasteiger charge is -2.21. The number of nitrogens with zero attached hydrogens (tertiary/aromatic N) is 3. The fourth-order valence-electron chi connectivity index (χ4n) is 3.60. The monoisotopic (exact) mass is 399 g/mol. The summed E-state index contributed by atoms with van der Waals surface area (Å²) in [5, 5.41) is 9.07. The first-order valence-electron chi connectivity index (χ1n) is 9.37. The summed E-state index contributed by atoms with van der Waals surface area (Å²) in [5.41, 5.74) is 1.89. The molecule has 2 unspecified atom stereocenters. The Morgan fingerprint density at radius 3 is 2.82 bits per heavy atom. The molecule has 0 saturated carbocycles. The van der Waals surface area contributed by atoms with Crippen LogP contribution in [0, 0.1) is 17.2 Å². The standard InChI is InChI=1S/C21H25N3O3S/c1-16-10-19(15-27-20-6-7-21(23-13-20)28(2,25)26)14-24(16)9-8-17-4-3-5-18(11-17)12-22/h3-7,11,13,16,19H,8-10,14-15H2,1-2H3. The first kappa shape index (κ1) is 20.3. The Morgan fingerprint density at radius 1 is 1.32 bits per heavy atom. The van der Waals surface area contributed by atoms with Gasteiger partial charge in [0.2, 0.25) is 0 Å². The van der Waals surface area contributed by atoms with Gasteiger partial charge in [0, 0.05) is 31.3 Å². The zero-order valence-electron chi connectivity index (χ0n) is 16.2. The molecule has 0 aliphatic carbocycles. The number of likely N-dealkylation sites (tertiary alicyclic amines) is 1. The van der Waals surface area contributed by atoms with E-state index >= 15 is 0 Å². The lowest BCUT2D eigenvalue weighted by atomic mass is 10.1. The molecule has 2 aromatic rings. The Hall–Kier alpha value is -2.43. The van der Waals surface area contributed by atoms with Gasteiger partial charge in [-0.25, -0.2) is 13.4 Å². The number of hydrogen-bond donors (Lipinski definition) is 0. The molecule has 0 N–H and O–H groups in total. The van der Waals surface area contributed by atoms with Gasteiger partial charge >= 0.3 is 0 Å². The minimum Gasteiger partial charge on any atom is -0.492 e. The topological polar surface area (TPSA) is 83.3 Å². The van der Waals surface area contributed by atoms with E-state index in [2.05, 4.69) is 28.9 Å². The minimum atomic E-state index is -3.29. The second-order valence-corrected chi connectivity index (χ2v) is 9.39. The van der Waals surface area contributed by atoms with E-state index < -0.39 is 9.84 Å². The van der Waals surface area contributed by atoms with Gasteiger partial charge in [-0.3, -0.25) is 4.90 Å². The highest BCUT2D eigenvalue weighted by molar-refractivity contribution is 7.90. The van der Waals surface area contributed by atoms with Crippen molar-refractivity contribution in [3.05, 3.63) is 53.7 Å². The van der Waals surface area contributed by atoms with Crippen LogP contribution in [-0.2, 0) is 16.3 Å². The number of sulfone groups is 1. The number of nitriles is 1. The third kappa shape index (κ3) is 5.31. The van der Waals surface area contributed by atoms with Gasteiger partial charge in [0.1, 0.15) is 5.75 Å². The zero-order chi connectivity index (χ0) is 20.1. The van der Waals surface area contributed by atoms with Crippen molar-refractivity contribution < 1.29 is 13.2 Å². The summed E-state index contributed by atoms with van der Waals surface area (Å²) in [6.07, 6.45) is 4.59. The molecule has 0 amide bonds. The second-order valence-electron chi connectivity index (χ2n) is 7.42. The molecule has 3 rings (SSSR count). The molecule has 7 heteroatoms. The van der Waals surface area contributed by atoms with E-state index in [0.29, 0.717) is 29.9 Å². The van der Waals surface area contributed by atoms with Crippen molar-refractivity contribution in [2.24, 2.45) is 5.92 Å². The predicted octanol–water partition coefficient (Wildman–Crippen LogP) is 2.69. The number of benzene rings is 1. The Bertz CT molecular complexity index is 952. The van der Waals surface area contributed by atoms with Crippen molar-refractivity contribution >= 4 is 9.84 Å². The van der Waals surface area contributed by atoms with E-state index in [1.807, 2.05) is 18.2 Å². The molecule has 148 valence electrons. The Balaban J connectivity index is 1.49. The molecule has 1 fully saturated rings. The molecule has 1 aliphatic rings. The quantitative estimate of drug-likeness (QED) is 0.712. The molecular weight excluding hydrogens is 374 g/mol. The zero-order valence-corrected chi connectivity index (χ0v) is 17.0. The van der Waals surface area contributed by atoms with Crippen LogP contribution in [0.4, 0.5) is 0 Å². The van der Waals surface area contributed by atoms with E-state index in [4.69, 9.17) is 10.00 Å². The number of pyridine rings is 1. The van der Waals surface area contributed by atoms with Crippen LogP contribution in [0.2, 0.25) is 0 Å². The molecular formula is C21H25N3O3S. The molecule has 2 heterocycles. The summed E-state index contributed by atoms with van der Waals surface area (Å²) in [6.45, 7) is 4.74. The first-order valence-corrected chi connectivity index (χ1v) is 11.3. The summed E-state index contributed by atoms with van der Waals surface area (Å²) in [5.74, 6) is 1.02. The highest BCUT2D eigenvalue weighted by Crippen LogP contribution is 2.24. The van der Waals surface area contributed by atoms with Crippen molar-refractivity contribution in [3.8, 4) is 11.8 Å². The van der Waals surface area contributed by atoms with Gasteiger partial charge in [-0.1, -0.05) is 12.1 Å². The van der Waals surface area contributed by atoms with E-state index in [1.54, 1.807) is 6.07 Å². The average Bonchev–Trinajstić information content (AvgIpc) is 3.04. The van der Waals surface area contributed by atoms with Crippen LogP contribution in [0.1, 0.15) is 24.5 Å². The van der Waals surface area contributed by atoms with Crippen LogP contribution >= 0.6 is 0 Å². The SMILES string of the molecule is CC1CC(COc2ccc(S(C)(=O)=O)nc2)CN1CCc1cccc(C#N)c1. The number of hydrogen-bond acceptors (Lipinski definition) is 6. The van der Waals surface area contributed by atoms with Crippen LogP contribution in [0.5, 0.6) is 5.75 Å². The van der Waals surface area contributed by atoms with Gasteiger partial charge in [0.05, 0.1) is 24.4 Å². The van der Waals surface area contributed by atoms with Crippen molar-refractivity contribution in [1.29, 1.82) is 5.26 Å². The number of ether oxygens (including phenoxy) is 1. The second kappa shape index (κ2) is 8.72.